The molecule has 0 fully saturated rings. The van der Waals surface area contributed by atoms with E-state index in [2.05, 4.69) is 17.3 Å². The van der Waals surface area contributed by atoms with Crippen molar-refractivity contribution in [2.24, 2.45) is 0 Å². The molecule has 0 aliphatic heterocycles. The molecule has 0 aliphatic carbocycles. The molecule has 1 aromatic heterocycles. The third kappa shape index (κ3) is 2.68. The number of aromatic nitrogens is 2. The molecule has 0 saturated heterocycles. The highest BCUT2D eigenvalue weighted by atomic mass is 35.5. The maximum atomic E-state index is 6.23. The van der Waals surface area contributed by atoms with Gasteiger partial charge in [0.05, 0.1) is 22.1 Å². The van der Waals surface area contributed by atoms with Crippen molar-refractivity contribution in [2.45, 2.75) is 33.7 Å². The first kappa shape index (κ1) is 13.7. The minimum atomic E-state index is 0.674. The molecule has 4 nitrogen and oxygen atoms in total. The zero-order valence-electron chi connectivity index (χ0n) is 11.5. The van der Waals surface area contributed by atoms with Crippen LogP contribution in [0.3, 0.4) is 0 Å². The first-order valence-electron chi connectivity index (χ1n) is 6.39. The van der Waals surface area contributed by atoms with Crippen LogP contribution >= 0.6 is 11.6 Å². The molecule has 0 aliphatic rings. The minimum Gasteiger partial charge on any atom is -0.394 e. The van der Waals surface area contributed by atoms with E-state index < -0.39 is 0 Å². The van der Waals surface area contributed by atoms with Crippen molar-refractivity contribution < 1.29 is 0 Å². The van der Waals surface area contributed by atoms with Crippen LogP contribution in [-0.4, -0.2) is 9.78 Å². The molecular formula is C14H19ClN4. The Bertz CT molecular complexity index is 569. The van der Waals surface area contributed by atoms with E-state index in [1.165, 1.54) is 0 Å². The maximum Gasteiger partial charge on any atom is 0.152 e. The van der Waals surface area contributed by atoms with Gasteiger partial charge in [0.1, 0.15) is 0 Å². The molecule has 19 heavy (non-hydrogen) atoms. The molecule has 1 heterocycles. The standard InChI is InChI=1S/C14H19ClN4/c1-4-8-19-14(12(16)10(3)18-19)17-13-9(2)6-5-7-11(13)15/h5-7,17H,4,8,16H2,1-3H3. The molecule has 5 heteroatoms. The van der Waals surface area contributed by atoms with Crippen molar-refractivity contribution in [3.63, 3.8) is 0 Å². The number of para-hydroxylation sites is 1. The van der Waals surface area contributed by atoms with E-state index in [0.29, 0.717) is 10.7 Å². The summed E-state index contributed by atoms with van der Waals surface area (Å²) in [6, 6.07) is 5.80. The summed E-state index contributed by atoms with van der Waals surface area (Å²) in [5, 5.41) is 8.45. The second-order valence-corrected chi connectivity index (χ2v) is 5.03. The Balaban J connectivity index is 2.43. The summed E-state index contributed by atoms with van der Waals surface area (Å²) in [7, 11) is 0. The number of benzene rings is 1. The zero-order chi connectivity index (χ0) is 14.0. The lowest BCUT2D eigenvalue weighted by Gasteiger charge is -2.13. The van der Waals surface area contributed by atoms with Crippen molar-refractivity contribution in [2.75, 3.05) is 11.1 Å². The maximum absolute atomic E-state index is 6.23. The predicted molar refractivity (Wildman–Crippen MR) is 81.1 cm³/mol. The molecule has 102 valence electrons. The highest BCUT2D eigenvalue weighted by Gasteiger charge is 2.14. The summed E-state index contributed by atoms with van der Waals surface area (Å²) < 4.78 is 1.90. The largest absolute Gasteiger partial charge is 0.394 e. The zero-order valence-corrected chi connectivity index (χ0v) is 12.3. The summed E-state index contributed by atoms with van der Waals surface area (Å²) in [5.41, 5.74) is 9.56. The van der Waals surface area contributed by atoms with Gasteiger partial charge in [-0.25, -0.2) is 4.68 Å². The van der Waals surface area contributed by atoms with E-state index in [9.17, 15) is 0 Å². The number of anilines is 3. The first-order valence-corrected chi connectivity index (χ1v) is 6.77. The highest BCUT2D eigenvalue weighted by molar-refractivity contribution is 6.33. The van der Waals surface area contributed by atoms with E-state index in [4.69, 9.17) is 17.3 Å². The van der Waals surface area contributed by atoms with E-state index in [-0.39, 0.29) is 0 Å². The van der Waals surface area contributed by atoms with Crippen LogP contribution in [0.2, 0.25) is 5.02 Å². The molecule has 0 bridgehead atoms. The van der Waals surface area contributed by atoms with Gasteiger partial charge >= 0.3 is 0 Å². The fourth-order valence-corrected chi connectivity index (χ4v) is 2.28. The number of rotatable bonds is 4. The van der Waals surface area contributed by atoms with Crippen LogP contribution in [-0.2, 0) is 6.54 Å². The van der Waals surface area contributed by atoms with E-state index in [1.807, 2.05) is 36.7 Å². The Morgan fingerprint density at radius 2 is 2.11 bits per heavy atom. The number of nitrogens with two attached hydrogens (primary N) is 1. The van der Waals surface area contributed by atoms with Crippen molar-refractivity contribution in [3.8, 4) is 0 Å². The predicted octanol–water partition coefficient (Wildman–Crippen LogP) is 3.89. The molecule has 2 aromatic rings. The number of aryl methyl sites for hydroxylation is 3. The monoisotopic (exact) mass is 278 g/mol. The van der Waals surface area contributed by atoms with Gasteiger partial charge in [0.25, 0.3) is 0 Å². The quantitative estimate of drug-likeness (QED) is 0.892. The Morgan fingerprint density at radius 3 is 2.74 bits per heavy atom. The van der Waals surface area contributed by atoms with Crippen LogP contribution in [0, 0.1) is 13.8 Å². The Hall–Kier alpha value is -1.68. The van der Waals surface area contributed by atoms with Crippen molar-refractivity contribution in [3.05, 3.63) is 34.5 Å². The lowest BCUT2D eigenvalue weighted by atomic mass is 10.2. The number of nitrogens with zero attached hydrogens (tertiary/aromatic N) is 2. The van der Waals surface area contributed by atoms with E-state index in [1.54, 1.807) is 0 Å². The molecule has 3 N–H and O–H groups in total. The Kier molecular flexibility index (Phi) is 4.00. The molecule has 0 spiro atoms. The van der Waals surface area contributed by atoms with Crippen LogP contribution in [0.4, 0.5) is 17.2 Å². The van der Waals surface area contributed by atoms with Crippen LogP contribution in [0.15, 0.2) is 18.2 Å². The van der Waals surface area contributed by atoms with Crippen molar-refractivity contribution >= 4 is 28.8 Å². The number of hydrogen-bond donors (Lipinski definition) is 2. The van der Waals surface area contributed by atoms with Gasteiger partial charge in [-0.3, -0.25) is 0 Å². The number of nitrogen functional groups attached to an aromatic ring is 1. The molecule has 0 saturated carbocycles. The summed E-state index contributed by atoms with van der Waals surface area (Å²) in [5.74, 6) is 0.815. The normalized spacial score (nSPS) is 10.7. The first-order chi connectivity index (χ1) is 9.04. The van der Waals surface area contributed by atoms with Crippen LogP contribution in [0.1, 0.15) is 24.6 Å². The lowest BCUT2D eigenvalue weighted by molar-refractivity contribution is 0.605. The highest BCUT2D eigenvalue weighted by Crippen LogP contribution is 2.32. The topological polar surface area (TPSA) is 55.9 Å². The van der Waals surface area contributed by atoms with E-state index in [0.717, 1.165) is 35.7 Å². The summed E-state index contributed by atoms with van der Waals surface area (Å²) >= 11 is 6.23. The van der Waals surface area contributed by atoms with Gasteiger partial charge in [-0.2, -0.15) is 5.10 Å². The van der Waals surface area contributed by atoms with E-state index >= 15 is 0 Å². The second kappa shape index (κ2) is 5.53. The minimum absolute atomic E-state index is 0.674. The Labute approximate surface area is 118 Å². The van der Waals surface area contributed by atoms with Crippen LogP contribution in [0.25, 0.3) is 0 Å². The van der Waals surface area contributed by atoms with Crippen molar-refractivity contribution in [1.82, 2.24) is 9.78 Å². The molecule has 1 aromatic carbocycles. The summed E-state index contributed by atoms with van der Waals surface area (Å²) in [4.78, 5) is 0. The summed E-state index contributed by atoms with van der Waals surface area (Å²) in [6.07, 6.45) is 0.997. The molecule has 2 rings (SSSR count). The van der Waals surface area contributed by atoms with Gasteiger partial charge in [0.15, 0.2) is 5.82 Å². The SMILES string of the molecule is CCCn1nc(C)c(N)c1Nc1c(C)cccc1Cl. The Morgan fingerprint density at radius 1 is 1.37 bits per heavy atom. The fourth-order valence-electron chi connectivity index (χ4n) is 2.01. The van der Waals surface area contributed by atoms with Gasteiger partial charge in [-0.1, -0.05) is 30.7 Å². The average Bonchev–Trinajstić information content (AvgIpc) is 2.62. The number of hydrogen-bond acceptors (Lipinski definition) is 3. The molecule has 0 amide bonds. The number of nitrogens with one attached hydrogen (secondary N) is 1. The number of halogens is 1. The van der Waals surface area contributed by atoms with Gasteiger partial charge in [-0.15, -0.1) is 0 Å². The van der Waals surface area contributed by atoms with Gasteiger partial charge < -0.3 is 11.1 Å². The smallest absolute Gasteiger partial charge is 0.152 e. The van der Waals surface area contributed by atoms with Crippen LogP contribution < -0.4 is 11.1 Å². The summed E-state index contributed by atoms with van der Waals surface area (Å²) in [6.45, 7) is 6.85. The third-order valence-electron chi connectivity index (χ3n) is 3.07. The van der Waals surface area contributed by atoms with Gasteiger partial charge in [-0.05, 0) is 31.9 Å². The third-order valence-corrected chi connectivity index (χ3v) is 3.39. The average molecular weight is 279 g/mol. The van der Waals surface area contributed by atoms with Crippen molar-refractivity contribution in [1.29, 1.82) is 0 Å². The van der Waals surface area contributed by atoms with Gasteiger partial charge in [0, 0.05) is 6.54 Å². The molecule has 0 atom stereocenters. The molecule has 0 radical (unpaired) electrons. The molecular weight excluding hydrogens is 260 g/mol. The van der Waals surface area contributed by atoms with Gasteiger partial charge in [0.2, 0.25) is 0 Å². The lowest BCUT2D eigenvalue weighted by Crippen LogP contribution is -2.06. The van der Waals surface area contributed by atoms with Crippen LogP contribution in [0.5, 0.6) is 0 Å². The second-order valence-electron chi connectivity index (χ2n) is 4.63. The molecule has 0 unspecified atom stereocenters. The fraction of sp³-hybridized carbons (Fsp3) is 0.357.